The van der Waals surface area contributed by atoms with Crippen molar-refractivity contribution in [1.29, 1.82) is 0 Å². The molecule has 3 atom stereocenters. The Hall–Kier alpha value is -1.47. The standard InChI is InChI=1S/C17H20ClN3O2S/c1-9(20-16(23)14-7-13(22)8-19-14)15-10(2)21-17(24-15)11-3-5-12(18)6-4-11/h3-6,9,13-14,19,22H,7-8H2,1-2H3,(H,20,23)/t9-,13+,14-/m0/s1. The lowest BCUT2D eigenvalue weighted by Crippen LogP contribution is -2.41. The summed E-state index contributed by atoms with van der Waals surface area (Å²) < 4.78 is 0. The molecule has 1 aromatic carbocycles. The van der Waals surface area contributed by atoms with Gasteiger partial charge in [-0.2, -0.15) is 0 Å². The van der Waals surface area contributed by atoms with Crippen molar-refractivity contribution in [3.63, 3.8) is 0 Å². The van der Waals surface area contributed by atoms with Gasteiger partial charge in [0.25, 0.3) is 0 Å². The molecule has 2 heterocycles. The third-order valence-electron chi connectivity index (χ3n) is 4.10. The molecule has 1 aromatic heterocycles. The molecule has 0 spiro atoms. The SMILES string of the molecule is Cc1nc(-c2ccc(Cl)cc2)sc1[C@H](C)NC(=O)[C@@H]1C[C@@H](O)CN1. The molecule has 2 aromatic rings. The summed E-state index contributed by atoms with van der Waals surface area (Å²) in [6, 6.07) is 7.11. The highest BCUT2D eigenvalue weighted by Crippen LogP contribution is 2.32. The number of aliphatic hydroxyl groups excluding tert-OH is 1. The van der Waals surface area contributed by atoms with Crippen molar-refractivity contribution < 1.29 is 9.90 Å². The van der Waals surface area contributed by atoms with Gasteiger partial charge in [0.05, 0.1) is 28.8 Å². The van der Waals surface area contributed by atoms with Crippen molar-refractivity contribution in [2.75, 3.05) is 6.54 Å². The first kappa shape index (κ1) is 17.4. The van der Waals surface area contributed by atoms with Crippen LogP contribution in [-0.2, 0) is 4.79 Å². The summed E-state index contributed by atoms with van der Waals surface area (Å²) in [5.41, 5.74) is 1.93. The predicted molar refractivity (Wildman–Crippen MR) is 96.3 cm³/mol. The summed E-state index contributed by atoms with van der Waals surface area (Å²) in [5.74, 6) is -0.0834. The molecule has 1 aliphatic heterocycles. The Labute approximate surface area is 150 Å². The monoisotopic (exact) mass is 365 g/mol. The number of rotatable bonds is 4. The minimum Gasteiger partial charge on any atom is -0.392 e. The third kappa shape index (κ3) is 3.78. The Morgan fingerprint density at radius 1 is 1.46 bits per heavy atom. The normalized spacial score (nSPS) is 21.7. The van der Waals surface area contributed by atoms with Crippen molar-refractivity contribution in [3.8, 4) is 10.6 Å². The van der Waals surface area contributed by atoms with E-state index < -0.39 is 6.10 Å². The summed E-state index contributed by atoms with van der Waals surface area (Å²) in [7, 11) is 0. The summed E-state index contributed by atoms with van der Waals surface area (Å²) in [5, 5.41) is 17.2. The molecule has 5 nitrogen and oxygen atoms in total. The topological polar surface area (TPSA) is 74.2 Å². The van der Waals surface area contributed by atoms with E-state index in [2.05, 4.69) is 15.6 Å². The maximum atomic E-state index is 12.3. The maximum Gasteiger partial charge on any atom is 0.237 e. The second-order valence-corrected chi connectivity index (χ2v) is 7.52. The maximum absolute atomic E-state index is 12.3. The first-order chi connectivity index (χ1) is 11.4. The average Bonchev–Trinajstić information content (AvgIpc) is 3.14. The molecule has 0 bridgehead atoms. The van der Waals surface area contributed by atoms with Crippen LogP contribution in [0.15, 0.2) is 24.3 Å². The molecule has 3 N–H and O–H groups in total. The number of aromatic nitrogens is 1. The van der Waals surface area contributed by atoms with E-state index in [1.807, 2.05) is 38.1 Å². The lowest BCUT2D eigenvalue weighted by atomic mass is 10.1. The van der Waals surface area contributed by atoms with Gasteiger partial charge in [-0.1, -0.05) is 23.7 Å². The number of amides is 1. The van der Waals surface area contributed by atoms with Crippen molar-refractivity contribution in [1.82, 2.24) is 15.6 Å². The summed E-state index contributed by atoms with van der Waals surface area (Å²) in [4.78, 5) is 17.9. The van der Waals surface area contributed by atoms with Crippen LogP contribution in [0.2, 0.25) is 5.02 Å². The van der Waals surface area contributed by atoms with E-state index >= 15 is 0 Å². The molecule has 0 aliphatic carbocycles. The lowest BCUT2D eigenvalue weighted by molar-refractivity contribution is -0.123. The molecule has 0 saturated carbocycles. The molecule has 1 amide bonds. The van der Waals surface area contributed by atoms with Gasteiger partial charge in [-0.3, -0.25) is 4.79 Å². The molecule has 1 fully saturated rings. The second kappa shape index (κ2) is 7.19. The molecule has 3 rings (SSSR count). The summed E-state index contributed by atoms with van der Waals surface area (Å²) in [6.45, 7) is 4.37. The van der Waals surface area contributed by atoms with Gasteiger partial charge in [0.2, 0.25) is 5.91 Å². The Kier molecular flexibility index (Phi) is 5.20. The van der Waals surface area contributed by atoms with Crippen LogP contribution >= 0.6 is 22.9 Å². The zero-order chi connectivity index (χ0) is 17.3. The fourth-order valence-corrected chi connectivity index (χ4v) is 4.02. The van der Waals surface area contributed by atoms with E-state index in [9.17, 15) is 9.90 Å². The number of hydrogen-bond donors (Lipinski definition) is 3. The van der Waals surface area contributed by atoms with Crippen molar-refractivity contribution in [2.45, 2.75) is 38.5 Å². The first-order valence-corrected chi connectivity index (χ1v) is 9.08. The Balaban J connectivity index is 1.72. The number of hydrogen-bond acceptors (Lipinski definition) is 5. The smallest absolute Gasteiger partial charge is 0.237 e. The van der Waals surface area contributed by atoms with Gasteiger partial charge in [0, 0.05) is 17.1 Å². The zero-order valence-corrected chi connectivity index (χ0v) is 15.1. The van der Waals surface area contributed by atoms with Crippen LogP contribution in [-0.4, -0.2) is 34.7 Å². The molecule has 7 heteroatoms. The van der Waals surface area contributed by atoms with Gasteiger partial charge in [0.15, 0.2) is 0 Å². The van der Waals surface area contributed by atoms with Crippen LogP contribution in [0.1, 0.15) is 30.0 Å². The Morgan fingerprint density at radius 2 is 2.17 bits per heavy atom. The minimum atomic E-state index is -0.447. The number of carbonyl (C=O) groups is 1. The highest BCUT2D eigenvalue weighted by molar-refractivity contribution is 7.15. The fourth-order valence-electron chi connectivity index (χ4n) is 2.82. The van der Waals surface area contributed by atoms with Crippen LogP contribution < -0.4 is 10.6 Å². The van der Waals surface area contributed by atoms with Crippen LogP contribution in [0.5, 0.6) is 0 Å². The van der Waals surface area contributed by atoms with Gasteiger partial charge in [-0.05, 0) is 32.4 Å². The second-order valence-electron chi connectivity index (χ2n) is 6.06. The molecule has 1 aliphatic rings. The number of nitrogens with zero attached hydrogens (tertiary/aromatic N) is 1. The van der Waals surface area contributed by atoms with Crippen LogP contribution in [0, 0.1) is 6.92 Å². The summed E-state index contributed by atoms with van der Waals surface area (Å²) >= 11 is 7.50. The molecule has 128 valence electrons. The predicted octanol–water partition coefficient (Wildman–Crippen LogP) is 2.67. The Morgan fingerprint density at radius 3 is 2.79 bits per heavy atom. The minimum absolute atomic E-state index is 0.0834. The average molecular weight is 366 g/mol. The largest absolute Gasteiger partial charge is 0.392 e. The van der Waals surface area contributed by atoms with Crippen molar-refractivity contribution in [2.24, 2.45) is 0 Å². The lowest BCUT2D eigenvalue weighted by Gasteiger charge is -2.16. The Bertz CT molecular complexity index is 732. The third-order valence-corrected chi connectivity index (χ3v) is 5.74. The number of carbonyl (C=O) groups excluding carboxylic acids is 1. The number of halogens is 1. The van der Waals surface area contributed by atoms with Crippen molar-refractivity contribution in [3.05, 3.63) is 39.9 Å². The molecule has 0 unspecified atom stereocenters. The highest BCUT2D eigenvalue weighted by Gasteiger charge is 2.29. The number of aliphatic hydroxyl groups is 1. The van der Waals surface area contributed by atoms with Crippen LogP contribution in [0.3, 0.4) is 0 Å². The van der Waals surface area contributed by atoms with Gasteiger partial charge in [-0.25, -0.2) is 4.98 Å². The number of aryl methyl sites for hydroxylation is 1. The van der Waals surface area contributed by atoms with Gasteiger partial charge in [-0.15, -0.1) is 11.3 Å². The number of β-amino-alcohol motifs (C(OH)–C–C–N with tert-alkyl or cyclic N) is 1. The van der Waals surface area contributed by atoms with Crippen molar-refractivity contribution >= 4 is 28.8 Å². The van der Waals surface area contributed by atoms with E-state index in [1.54, 1.807) is 11.3 Å². The van der Waals surface area contributed by atoms with Crippen LogP contribution in [0.4, 0.5) is 0 Å². The van der Waals surface area contributed by atoms with E-state index in [1.165, 1.54) is 0 Å². The van der Waals surface area contributed by atoms with E-state index in [-0.39, 0.29) is 18.0 Å². The number of benzene rings is 1. The van der Waals surface area contributed by atoms with E-state index in [4.69, 9.17) is 11.6 Å². The molecule has 0 radical (unpaired) electrons. The van der Waals surface area contributed by atoms with E-state index in [0.717, 1.165) is 21.1 Å². The highest BCUT2D eigenvalue weighted by atomic mass is 35.5. The van der Waals surface area contributed by atoms with Gasteiger partial charge >= 0.3 is 0 Å². The number of nitrogens with one attached hydrogen (secondary N) is 2. The zero-order valence-electron chi connectivity index (χ0n) is 13.5. The van der Waals surface area contributed by atoms with Gasteiger partial charge in [0.1, 0.15) is 5.01 Å². The van der Waals surface area contributed by atoms with E-state index in [0.29, 0.717) is 18.0 Å². The fraction of sp³-hybridized carbons (Fsp3) is 0.412. The number of thiazole rings is 1. The first-order valence-electron chi connectivity index (χ1n) is 7.89. The quantitative estimate of drug-likeness (QED) is 0.778. The molecule has 1 saturated heterocycles. The molecular formula is C17H20ClN3O2S. The van der Waals surface area contributed by atoms with Crippen LogP contribution in [0.25, 0.3) is 10.6 Å². The molecule has 24 heavy (non-hydrogen) atoms. The van der Waals surface area contributed by atoms with Gasteiger partial charge < -0.3 is 15.7 Å². The molecular weight excluding hydrogens is 346 g/mol. The summed E-state index contributed by atoms with van der Waals surface area (Å²) in [6.07, 6.45) is 0.00804.